The van der Waals surface area contributed by atoms with E-state index in [9.17, 15) is 5.11 Å². The molecule has 0 atom stereocenters. The van der Waals surface area contributed by atoms with Crippen molar-refractivity contribution in [2.24, 2.45) is 0 Å². The van der Waals surface area contributed by atoms with E-state index in [1.807, 2.05) is 42.5 Å². The average molecular weight is 225 g/mol. The molecule has 3 aromatic rings. The summed E-state index contributed by atoms with van der Waals surface area (Å²) >= 11 is 0. The van der Waals surface area contributed by atoms with Crippen molar-refractivity contribution < 1.29 is 5.11 Å². The fraction of sp³-hybridized carbons (Fsp3) is 0.0769. The van der Waals surface area contributed by atoms with Crippen molar-refractivity contribution in [3.05, 3.63) is 48.0 Å². The maximum atomic E-state index is 9.36. The Morgan fingerprint density at radius 3 is 2.71 bits per heavy atom. The van der Waals surface area contributed by atoms with Gasteiger partial charge in [-0.1, -0.05) is 41.6 Å². The van der Waals surface area contributed by atoms with Gasteiger partial charge in [-0.2, -0.15) is 0 Å². The average Bonchev–Trinajstić information content (AvgIpc) is 2.86. The molecule has 0 amide bonds. The van der Waals surface area contributed by atoms with E-state index in [1.54, 1.807) is 0 Å². The third-order valence-electron chi connectivity index (χ3n) is 2.83. The summed E-state index contributed by atoms with van der Waals surface area (Å²) in [6.45, 7) is 0.0183. The lowest BCUT2D eigenvalue weighted by Crippen LogP contribution is -1.89. The first kappa shape index (κ1) is 9.99. The first-order valence-corrected chi connectivity index (χ1v) is 5.39. The number of H-pyrrole nitrogens is 1. The Balaban J connectivity index is 2.30. The van der Waals surface area contributed by atoms with Gasteiger partial charge in [0, 0.05) is 5.56 Å². The van der Waals surface area contributed by atoms with E-state index in [0.29, 0.717) is 0 Å². The van der Waals surface area contributed by atoms with E-state index in [0.717, 1.165) is 27.7 Å². The lowest BCUT2D eigenvalue weighted by molar-refractivity contribution is 0.282. The summed E-state index contributed by atoms with van der Waals surface area (Å²) in [5.74, 6) is 0. The molecule has 1 heterocycles. The second-order valence-electron chi connectivity index (χ2n) is 3.83. The van der Waals surface area contributed by atoms with Crippen LogP contribution in [-0.2, 0) is 6.61 Å². The molecule has 0 aliphatic rings. The Labute approximate surface area is 97.9 Å². The summed E-state index contributed by atoms with van der Waals surface area (Å²) in [4.78, 5) is 0. The lowest BCUT2D eigenvalue weighted by atomic mass is 9.99. The smallest absolute Gasteiger partial charge is 0.120 e. The first-order chi connectivity index (χ1) is 8.40. The van der Waals surface area contributed by atoms with Crippen LogP contribution < -0.4 is 0 Å². The molecule has 0 unspecified atom stereocenters. The van der Waals surface area contributed by atoms with Crippen LogP contribution in [0.4, 0.5) is 0 Å². The minimum Gasteiger partial charge on any atom is -0.392 e. The molecular formula is C13H11N3O. The largest absolute Gasteiger partial charge is 0.392 e. The van der Waals surface area contributed by atoms with E-state index >= 15 is 0 Å². The minimum atomic E-state index is 0.0183. The van der Waals surface area contributed by atoms with Crippen LogP contribution in [0.2, 0.25) is 0 Å². The number of hydrogen-bond donors (Lipinski definition) is 2. The minimum absolute atomic E-state index is 0.0183. The van der Waals surface area contributed by atoms with E-state index in [2.05, 4.69) is 15.4 Å². The van der Waals surface area contributed by atoms with Crippen LogP contribution in [0.1, 0.15) is 5.56 Å². The number of rotatable bonds is 2. The predicted molar refractivity (Wildman–Crippen MR) is 65.2 cm³/mol. The van der Waals surface area contributed by atoms with Gasteiger partial charge >= 0.3 is 0 Å². The van der Waals surface area contributed by atoms with E-state index in [1.165, 1.54) is 0 Å². The molecule has 0 fully saturated rings. The topological polar surface area (TPSA) is 61.8 Å². The van der Waals surface area contributed by atoms with Crippen LogP contribution in [-0.4, -0.2) is 20.5 Å². The molecule has 2 aromatic carbocycles. The molecule has 0 radical (unpaired) electrons. The van der Waals surface area contributed by atoms with Gasteiger partial charge in [0.25, 0.3) is 0 Å². The van der Waals surface area contributed by atoms with Crippen LogP contribution >= 0.6 is 0 Å². The molecule has 17 heavy (non-hydrogen) atoms. The van der Waals surface area contributed by atoms with Crippen molar-refractivity contribution in [2.75, 3.05) is 0 Å². The predicted octanol–water partition coefficient (Wildman–Crippen LogP) is 2.12. The molecule has 0 saturated carbocycles. The maximum absolute atomic E-state index is 9.36. The third-order valence-corrected chi connectivity index (χ3v) is 2.83. The Kier molecular flexibility index (Phi) is 2.34. The summed E-state index contributed by atoms with van der Waals surface area (Å²) in [6, 6.07) is 13.6. The SMILES string of the molecule is OCc1ccccc1-c1cccc2[nH]nnc12. The Bertz CT molecular complexity index is 660. The highest BCUT2D eigenvalue weighted by atomic mass is 16.3. The van der Waals surface area contributed by atoms with Gasteiger partial charge < -0.3 is 5.11 Å². The van der Waals surface area contributed by atoms with Gasteiger partial charge in [-0.05, 0) is 17.2 Å². The molecular weight excluding hydrogens is 214 g/mol. The zero-order valence-electron chi connectivity index (χ0n) is 9.09. The number of hydrogen-bond acceptors (Lipinski definition) is 3. The van der Waals surface area contributed by atoms with Gasteiger partial charge in [0.05, 0.1) is 12.1 Å². The zero-order valence-corrected chi connectivity index (χ0v) is 9.09. The summed E-state index contributed by atoms with van der Waals surface area (Å²) in [5, 5.41) is 20.1. The van der Waals surface area contributed by atoms with E-state index in [-0.39, 0.29) is 6.61 Å². The number of aromatic amines is 1. The molecule has 0 bridgehead atoms. The number of nitrogens with one attached hydrogen (secondary N) is 1. The first-order valence-electron chi connectivity index (χ1n) is 5.39. The van der Waals surface area contributed by atoms with Gasteiger partial charge in [-0.25, -0.2) is 0 Å². The molecule has 0 aliphatic carbocycles. The fourth-order valence-corrected chi connectivity index (χ4v) is 2.01. The van der Waals surface area contributed by atoms with Gasteiger partial charge in [-0.15, -0.1) is 5.10 Å². The molecule has 3 rings (SSSR count). The van der Waals surface area contributed by atoms with E-state index < -0.39 is 0 Å². The molecule has 0 aliphatic heterocycles. The second-order valence-corrected chi connectivity index (χ2v) is 3.83. The number of aromatic nitrogens is 3. The van der Waals surface area contributed by atoms with Crippen molar-refractivity contribution in [1.29, 1.82) is 0 Å². The van der Waals surface area contributed by atoms with Gasteiger partial charge in [0.1, 0.15) is 5.52 Å². The highest BCUT2D eigenvalue weighted by Crippen LogP contribution is 2.28. The number of aliphatic hydroxyl groups is 1. The van der Waals surface area contributed by atoms with Crippen molar-refractivity contribution in [1.82, 2.24) is 15.4 Å². The lowest BCUT2D eigenvalue weighted by Gasteiger charge is -2.07. The van der Waals surface area contributed by atoms with Crippen molar-refractivity contribution >= 4 is 11.0 Å². The maximum Gasteiger partial charge on any atom is 0.120 e. The van der Waals surface area contributed by atoms with Crippen molar-refractivity contribution in [3.8, 4) is 11.1 Å². The summed E-state index contributed by atoms with van der Waals surface area (Å²) in [7, 11) is 0. The molecule has 0 spiro atoms. The summed E-state index contributed by atoms with van der Waals surface area (Å²) in [6.07, 6.45) is 0. The molecule has 84 valence electrons. The molecule has 4 heteroatoms. The molecule has 4 nitrogen and oxygen atoms in total. The van der Waals surface area contributed by atoms with Crippen LogP contribution in [0.5, 0.6) is 0 Å². The van der Waals surface area contributed by atoms with Crippen molar-refractivity contribution in [2.45, 2.75) is 6.61 Å². The quantitative estimate of drug-likeness (QED) is 0.702. The molecule has 2 N–H and O–H groups in total. The normalized spacial score (nSPS) is 10.9. The fourth-order valence-electron chi connectivity index (χ4n) is 2.01. The number of nitrogens with zero attached hydrogens (tertiary/aromatic N) is 2. The van der Waals surface area contributed by atoms with E-state index in [4.69, 9.17) is 0 Å². The van der Waals surface area contributed by atoms with Crippen molar-refractivity contribution in [3.63, 3.8) is 0 Å². The zero-order chi connectivity index (χ0) is 11.7. The van der Waals surface area contributed by atoms with Crippen LogP contribution in [0.25, 0.3) is 22.2 Å². The van der Waals surface area contributed by atoms with Gasteiger partial charge in [0.15, 0.2) is 0 Å². The number of benzene rings is 2. The number of aliphatic hydroxyl groups excluding tert-OH is 1. The van der Waals surface area contributed by atoms with Gasteiger partial charge in [-0.3, -0.25) is 5.10 Å². The van der Waals surface area contributed by atoms with Gasteiger partial charge in [0.2, 0.25) is 0 Å². The summed E-state index contributed by atoms with van der Waals surface area (Å²) < 4.78 is 0. The molecule has 1 aromatic heterocycles. The molecule has 0 saturated heterocycles. The monoisotopic (exact) mass is 225 g/mol. The highest BCUT2D eigenvalue weighted by Gasteiger charge is 2.09. The number of fused-ring (bicyclic) bond motifs is 1. The standard InChI is InChI=1S/C13H11N3O/c17-8-9-4-1-2-5-10(9)11-6-3-7-12-13(11)15-16-14-12/h1-7,17H,8H2,(H,14,15,16). The van der Waals surface area contributed by atoms with Crippen LogP contribution in [0, 0.1) is 0 Å². The van der Waals surface area contributed by atoms with Crippen LogP contribution in [0.3, 0.4) is 0 Å². The Morgan fingerprint density at radius 1 is 1.00 bits per heavy atom. The Morgan fingerprint density at radius 2 is 1.82 bits per heavy atom. The Hall–Kier alpha value is -2.20. The summed E-state index contributed by atoms with van der Waals surface area (Å²) in [5.41, 5.74) is 4.60. The second kappa shape index (κ2) is 3.99. The third kappa shape index (κ3) is 1.59. The highest BCUT2D eigenvalue weighted by molar-refractivity contribution is 5.92. The van der Waals surface area contributed by atoms with Crippen LogP contribution in [0.15, 0.2) is 42.5 Å².